The van der Waals surface area contributed by atoms with Gasteiger partial charge in [0.05, 0.1) is 5.52 Å². The van der Waals surface area contributed by atoms with E-state index in [4.69, 9.17) is 5.73 Å². The van der Waals surface area contributed by atoms with Crippen LogP contribution >= 0.6 is 0 Å². The number of carbonyl (C=O) groups is 1. The largest absolute Gasteiger partial charge is 0.398 e. The molecule has 0 aliphatic heterocycles. The summed E-state index contributed by atoms with van der Waals surface area (Å²) in [5.41, 5.74) is 8.47. The molecule has 0 fully saturated rings. The van der Waals surface area contributed by atoms with Crippen LogP contribution in [0.1, 0.15) is 23.8 Å². The van der Waals surface area contributed by atoms with Crippen LogP contribution in [0.5, 0.6) is 0 Å². The summed E-state index contributed by atoms with van der Waals surface area (Å²) in [6, 6.07) is 9.15. The summed E-state index contributed by atoms with van der Waals surface area (Å²) >= 11 is 0. The van der Waals surface area contributed by atoms with Crippen LogP contribution < -0.4 is 5.73 Å². The summed E-state index contributed by atoms with van der Waals surface area (Å²) in [4.78, 5) is 16.2. The Labute approximate surface area is 100.0 Å². The van der Waals surface area contributed by atoms with Gasteiger partial charge in [-0.05, 0) is 19.1 Å². The van der Waals surface area contributed by atoms with E-state index in [1.807, 2.05) is 31.2 Å². The quantitative estimate of drug-likeness (QED) is 0.646. The van der Waals surface area contributed by atoms with Crippen LogP contribution in [0.2, 0.25) is 0 Å². The molecule has 17 heavy (non-hydrogen) atoms. The van der Waals surface area contributed by atoms with E-state index in [0.29, 0.717) is 17.8 Å². The van der Waals surface area contributed by atoms with Crippen molar-refractivity contribution in [2.24, 2.45) is 0 Å². The molecule has 0 saturated heterocycles. The molecule has 0 aliphatic rings. The molecule has 2 N–H and O–H groups in total. The summed E-state index contributed by atoms with van der Waals surface area (Å²) in [6.45, 7) is 5.55. The standard InChI is InChI=1S/C14H14N2O/c1-9(2)7-14(17)13-8-11(15)10-5-3-4-6-12(10)16-13/h3-6,8H,1,7H2,2H3,(H2,15,16). The molecule has 0 unspecified atom stereocenters. The first-order valence-corrected chi connectivity index (χ1v) is 5.41. The predicted octanol–water partition coefficient (Wildman–Crippen LogP) is 2.97. The Morgan fingerprint density at radius 3 is 2.82 bits per heavy atom. The number of carbonyl (C=O) groups excluding carboxylic acids is 1. The maximum absolute atomic E-state index is 11.9. The topological polar surface area (TPSA) is 56.0 Å². The monoisotopic (exact) mass is 226 g/mol. The highest BCUT2D eigenvalue weighted by atomic mass is 16.1. The SMILES string of the molecule is C=C(C)CC(=O)c1cc(N)c2ccccc2n1. The molecule has 86 valence electrons. The van der Waals surface area contributed by atoms with Crippen LogP contribution in [0.25, 0.3) is 10.9 Å². The van der Waals surface area contributed by atoms with Gasteiger partial charge in [-0.3, -0.25) is 4.79 Å². The van der Waals surface area contributed by atoms with Gasteiger partial charge in [-0.25, -0.2) is 4.98 Å². The molecule has 0 aliphatic carbocycles. The van der Waals surface area contributed by atoms with Crippen molar-refractivity contribution in [3.05, 3.63) is 48.2 Å². The zero-order valence-electron chi connectivity index (χ0n) is 9.73. The minimum Gasteiger partial charge on any atom is -0.398 e. The number of fused-ring (bicyclic) bond motifs is 1. The van der Waals surface area contributed by atoms with E-state index in [1.54, 1.807) is 6.07 Å². The lowest BCUT2D eigenvalue weighted by Gasteiger charge is -2.05. The van der Waals surface area contributed by atoms with Gasteiger partial charge in [0, 0.05) is 17.5 Å². The highest BCUT2D eigenvalue weighted by Gasteiger charge is 2.10. The number of anilines is 1. The summed E-state index contributed by atoms with van der Waals surface area (Å²) in [5.74, 6) is -0.0463. The van der Waals surface area contributed by atoms with E-state index in [9.17, 15) is 4.79 Å². The second kappa shape index (κ2) is 4.37. The molecule has 0 atom stereocenters. The number of pyridine rings is 1. The number of hydrogen-bond donors (Lipinski definition) is 1. The molecule has 1 aromatic carbocycles. The average molecular weight is 226 g/mol. The number of ketones is 1. The summed E-state index contributed by atoms with van der Waals surface area (Å²) in [7, 11) is 0. The molecule has 1 aromatic heterocycles. The Balaban J connectivity index is 2.50. The van der Waals surface area contributed by atoms with Gasteiger partial charge in [0.25, 0.3) is 0 Å². The Bertz CT molecular complexity index is 602. The fourth-order valence-electron chi connectivity index (χ4n) is 1.71. The van der Waals surface area contributed by atoms with E-state index in [2.05, 4.69) is 11.6 Å². The normalized spacial score (nSPS) is 10.4. The number of para-hydroxylation sites is 1. The van der Waals surface area contributed by atoms with Gasteiger partial charge in [-0.1, -0.05) is 30.4 Å². The summed E-state index contributed by atoms with van der Waals surface area (Å²) < 4.78 is 0. The second-order valence-electron chi connectivity index (χ2n) is 4.17. The fraction of sp³-hybridized carbons (Fsp3) is 0.143. The van der Waals surface area contributed by atoms with E-state index in [-0.39, 0.29) is 5.78 Å². The van der Waals surface area contributed by atoms with Gasteiger partial charge in [0.15, 0.2) is 5.78 Å². The van der Waals surface area contributed by atoms with Crippen LogP contribution in [-0.2, 0) is 0 Å². The molecule has 0 amide bonds. The number of Topliss-reactive ketones (excluding diaryl/α,β-unsaturated/α-hetero) is 1. The lowest BCUT2D eigenvalue weighted by molar-refractivity contribution is 0.0989. The van der Waals surface area contributed by atoms with Gasteiger partial charge in [-0.15, -0.1) is 0 Å². The van der Waals surface area contributed by atoms with Gasteiger partial charge in [0.2, 0.25) is 0 Å². The van der Waals surface area contributed by atoms with Crippen molar-refractivity contribution in [1.82, 2.24) is 4.98 Å². The highest BCUT2D eigenvalue weighted by molar-refractivity contribution is 6.01. The number of aromatic nitrogens is 1. The third-order valence-electron chi connectivity index (χ3n) is 2.50. The molecule has 3 nitrogen and oxygen atoms in total. The smallest absolute Gasteiger partial charge is 0.185 e. The molecular formula is C14H14N2O. The van der Waals surface area contributed by atoms with Crippen molar-refractivity contribution >= 4 is 22.4 Å². The lowest BCUT2D eigenvalue weighted by Crippen LogP contribution is -2.04. The average Bonchev–Trinajstić information content (AvgIpc) is 2.28. The van der Waals surface area contributed by atoms with Gasteiger partial charge in [0.1, 0.15) is 5.69 Å². The minimum absolute atomic E-state index is 0.0463. The molecule has 2 rings (SSSR count). The molecule has 1 heterocycles. The molecule has 0 radical (unpaired) electrons. The molecule has 0 spiro atoms. The van der Waals surface area contributed by atoms with Crippen molar-refractivity contribution in [2.45, 2.75) is 13.3 Å². The second-order valence-corrected chi connectivity index (χ2v) is 4.17. The minimum atomic E-state index is -0.0463. The van der Waals surface area contributed by atoms with Crippen LogP contribution in [0.15, 0.2) is 42.5 Å². The van der Waals surface area contributed by atoms with Crippen molar-refractivity contribution < 1.29 is 4.79 Å². The first-order chi connectivity index (χ1) is 8.08. The number of nitrogens with two attached hydrogens (primary N) is 1. The summed E-state index contributed by atoms with van der Waals surface area (Å²) in [5, 5.41) is 0.874. The van der Waals surface area contributed by atoms with Crippen LogP contribution in [0.3, 0.4) is 0 Å². The predicted molar refractivity (Wildman–Crippen MR) is 69.9 cm³/mol. The zero-order valence-corrected chi connectivity index (χ0v) is 9.73. The highest BCUT2D eigenvalue weighted by Crippen LogP contribution is 2.21. The first-order valence-electron chi connectivity index (χ1n) is 5.41. The molecule has 0 bridgehead atoms. The fourth-order valence-corrected chi connectivity index (χ4v) is 1.71. The Kier molecular flexibility index (Phi) is 2.91. The van der Waals surface area contributed by atoms with Crippen molar-refractivity contribution in [3.8, 4) is 0 Å². The Morgan fingerprint density at radius 1 is 1.41 bits per heavy atom. The van der Waals surface area contributed by atoms with Crippen molar-refractivity contribution in [2.75, 3.05) is 5.73 Å². The van der Waals surface area contributed by atoms with Crippen LogP contribution in [-0.4, -0.2) is 10.8 Å². The number of allylic oxidation sites excluding steroid dienone is 1. The van der Waals surface area contributed by atoms with E-state index >= 15 is 0 Å². The van der Waals surface area contributed by atoms with Crippen molar-refractivity contribution in [3.63, 3.8) is 0 Å². The Morgan fingerprint density at radius 2 is 2.12 bits per heavy atom. The number of benzene rings is 1. The Hall–Kier alpha value is -2.16. The molecule has 2 aromatic rings. The van der Waals surface area contributed by atoms with Crippen molar-refractivity contribution in [1.29, 1.82) is 0 Å². The lowest BCUT2D eigenvalue weighted by atomic mass is 10.1. The molecule has 0 saturated carbocycles. The number of hydrogen-bond acceptors (Lipinski definition) is 3. The van der Waals surface area contributed by atoms with Gasteiger partial charge >= 0.3 is 0 Å². The van der Waals surface area contributed by atoms with E-state index in [1.165, 1.54) is 0 Å². The number of nitrogens with zero attached hydrogens (tertiary/aromatic N) is 1. The van der Waals surface area contributed by atoms with Gasteiger partial charge < -0.3 is 5.73 Å². The van der Waals surface area contributed by atoms with Gasteiger partial charge in [-0.2, -0.15) is 0 Å². The number of nitrogen functional groups attached to an aromatic ring is 1. The molecular weight excluding hydrogens is 212 g/mol. The summed E-state index contributed by atoms with van der Waals surface area (Å²) in [6.07, 6.45) is 0.310. The maximum Gasteiger partial charge on any atom is 0.185 e. The van der Waals surface area contributed by atoms with E-state index in [0.717, 1.165) is 16.5 Å². The third kappa shape index (κ3) is 2.33. The number of rotatable bonds is 3. The third-order valence-corrected chi connectivity index (χ3v) is 2.50. The zero-order chi connectivity index (χ0) is 12.4. The first kappa shape index (κ1) is 11.3. The van der Waals surface area contributed by atoms with E-state index < -0.39 is 0 Å². The molecule has 3 heteroatoms. The van der Waals surface area contributed by atoms with Crippen LogP contribution in [0.4, 0.5) is 5.69 Å². The maximum atomic E-state index is 11.9. The van der Waals surface area contributed by atoms with Crippen LogP contribution in [0, 0.1) is 0 Å².